The van der Waals surface area contributed by atoms with E-state index in [1.807, 2.05) is 59.2 Å². The molecule has 0 amide bonds. The Kier molecular flexibility index (Phi) is 10.3. The molecule has 0 spiro atoms. The van der Waals surface area contributed by atoms with Crippen molar-refractivity contribution in [3.63, 3.8) is 0 Å². The van der Waals surface area contributed by atoms with Gasteiger partial charge in [-0.2, -0.15) is 0 Å². The Morgan fingerprint density at radius 2 is 0.947 bits per heavy atom. The monoisotopic (exact) mass is 586 g/mol. The summed E-state index contributed by atoms with van der Waals surface area (Å²) in [7, 11) is 3.41. The highest BCUT2D eigenvalue weighted by atomic mass is 32.2. The smallest absolute Gasteiger partial charge is 0.161 e. The van der Waals surface area contributed by atoms with Crippen molar-refractivity contribution in [2.24, 2.45) is 0 Å². The predicted octanol–water partition coefficient (Wildman–Crippen LogP) is 8.60. The number of methoxy groups -OCH3 is 2. The molecule has 0 aromatic heterocycles. The summed E-state index contributed by atoms with van der Waals surface area (Å²) in [5.41, 5.74) is 4.79. The zero-order chi connectivity index (χ0) is 26.2. The zero-order valence-electron chi connectivity index (χ0n) is 21.9. The number of thioether (sulfide) groups is 4. The largest absolute Gasteiger partial charge is 0.493 e. The summed E-state index contributed by atoms with van der Waals surface area (Å²) in [5.74, 6) is 8.01. The van der Waals surface area contributed by atoms with E-state index in [2.05, 4.69) is 48.5 Å². The van der Waals surface area contributed by atoms with Crippen LogP contribution in [-0.2, 0) is 13.2 Å². The Labute approximate surface area is 243 Å². The molecule has 2 saturated heterocycles. The summed E-state index contributed by atoms with van der Waals surface area (Å²) in [6.07, 6.45) is 2.57. The minimum absolute atomic E-state index is 0.481. The van der Waals surface area contributed by atoms with Gasteiger partial charge in [-0.05, 0) is 82.4 Å². The molecule has 0 bridgehead atoms. The molecule has 0 unspecified atom stereocenters. The molecule has 202 valence electrons. The number of hydrogen-bond acceptors (Lipinski definition) is 8. The minimum Gasteiger partial charge on any atom is -0.493 e. The molecule has 3 aromatic carbocycles. The molecule has 0 saturated carbocycles. The maximum absolute atomic E-state index is 6.13. The fourth-order valence-corrected chi connectivity index (χ4v) is 10.1. The van der Waals surface area contributed by atoms with Crippen LogP contribution in [0.15, 0.2) is 60.7 Å². The van der Waals surface area contributed by atoms with E-state index in [-0.39, 0.29) is 0 Å². The van der Waals surface area contributed by atoms with Crippen LogP contribution in [0.5, 0.6) is 23.0 Å². The van der Waals surface area contributed by atoms with Crippen LogP contribution in [0.4, 0.5) is 0 Å². The average molecular weight is 587 g/mol. The second-order valence-electron chi connectivity index (χ2n) is 9.07. The summed E-state index contributed by atoms with van der Waals surface area (Å²) in [6.45, 7) is 0.965. The van der Waals surface area contributed by atoms with E-state index in [4.69, 9.17) is 18.9 Å². The standard InChI is InChI=1S/C30H34O4S4/c1-31-27-17-23(29-35-13-3-14-36-29)9-11-25(27)33-19-21-5-7-22(8-6-21)20-34-26-12-10-24(18-28(26)32-2)30-37-15-4-16-38-30/h5-12,17-18,29-30H,3-4,13-16,19-20H2,1-2H3. The highest BCUT2D eigenvalue weighted by molar-refractivity contribution is 8.17. The second kappa shape index (κ2) is 14.1. The molecule has 2 aliphatic heterocycles. The Hall–Kier alpha value is -1.74. The van der Waals surface area contributed by atoms with Crippen molar-refractivity contribution in [1.29, 1.82) is 0 Å². The normalized spacial score (nSPS) is 16.7. The molecule has 0 atom stereocenters. The van der Waals surface area contributed by atoms with Crippen molar-refractivity contribution in [2.75, 3.05) is 37.2 Å². The van der Waals surface area contributed by atoms with Crippen molar-refractivity contribution >= 4 is 47.0 Å². The van der Waals surface area contributed by atoms with Gasteiger partial charge in [-0.15, -0.1) is 47.0 Å². The maximum atomic E-state index is 6.13. The average Bonchev–Trinajstić information content (AvgIpc) is 3.00. The van der Waals surface area contributed by atoms with Crippen LogP contribution in [-0.4, -0.2) is 37.2 Å². The molecule has 5 rings (SSSR count). The van der Waals surface area contributed by atoms with E-state index in [1.165, 1.54) is 47.0 Å². The Bertz CT molecular complexity index is 1080. The van der Waals surface area contributed by atoms with E-state index in [1.54, 1.807) is 14.2 Å². The van der Waals surface area contributed by atoms with Gasteiger partial charge in [0.1, 0.15) is 13.2 Å². The van der Waals surface area contributed by atoms with Gasteiger partial charge in [-0.3, -0.25) is 0 Å². The van der Waals surface area contributed by atoms with Crippen LogP contribution in [0.3, 0.4) is 0 Å². The van der Waals surface area contributed by atoms with Gasteiger partial charge >= 0.3 is 0 Å². The summed E-state index contributed by atoms with van der Waals surface area (Å²) in [5, 5.41) is 0. The Morgan fingerprint density at radius 3 is 1.32 bits per heavy atom. The number of rotatable bonds is 10. The number of hydrogen-bond donors (Lipinski definition) is 0. The highest BCUT2D eigenvalue weighted by Crippen LogP contribution is 2.46. The van der Waals surface area contributed by atoms with Gasteiger partial charge in [0.05, 0.1) is 23.4 Å². The zero-order valence-corrected chi connectivity index (χ0v) is 25.1. The molecule has 38 heavy (non-hydrogen) atoms. The van der Waals surface area contributed by atoms with E-state index < -0.39 is 0 Å². The van der Waals surface area contributed by atoms with E-state index in [9.17, 15) is 0 Å². The summed E-state index contributed by atoms with van der Waals surface area (Å²) in [4.78, 5) is 0. The van der Waals surface area contributed by atoms with Crippen LogP contribution in [0.2, 0.25) is 0 Å². The van der Waals surface area contributed by atoms with Crippen molar-refractivity contribution in [1.82, 2.24) is 0 Å². The molecule has 0 N–H and O–H groups in total. The van der Waals surface area contributed by atoms with Crippen LogP contribution in [0.25, 0.3) is 0 Å². The molecule has 0 radical (unpaired) electrons. The quantitative estimate of drug-likeness (QED) is 0.234. The maximum Gasteiger partial charge on any atom is 0.161 e. The van der Waals surface area contributed by atoms with Gasteiger partial charge in [-0.25, -0.2) is 0 Å². The SMILES string of the molecule is COc1cc(C2SCCCS2)ccc1OCc1ccc(COc2ccc(C3SCCCS3)cc2OC)cc1. The van der Waals surface area contributed by atoms with Crippen molar-refractivity contribution in [2.45, 2.75) is 35.2 Å². The molecule has 2 fully saturated rings. The number of ether oxygens (including phenoxy) is 4. The van der Waals surface area contributed by atoms with Gasteiger partial charge in [0.25, 0.3) is 0 Å². The molecule has 2 heterocycles. The molecule has 2 aliphatic rings. The predicted molar refractivity (Wildman–Crippen MR) is 166 cm³/mol. The van der Waals surface area contributed by atoms with Gasteiger partial charge in [0.2, 0.25) is 0 Å². The lowest BCUT2D eigenvalue weighted by Crippen LogP contribution is -2.03. The van der Waals surface area contributed by atoms with Gasteiger partial charge in [0, 0.05) is 0 Å². The molecule has 4 nitrogen and oxygen atoms in total. The first-order valence-corrected chi connectivity index (χ1v) is 17.1. The second-order valence-corrected chi connectivity index (χ2v) is 14.5. The summed E-state index contributed by atoms with van der Waals surface area (Å²) in [6, 6.07) is 21.0. The molecular formula is C30H34O4S4. The lowest BCUT2D eigenvalue weighted by atomic mass is 10.1. The van der Waals surface area contributed by atoms with Crippen LogP contribution >= 0.6 is 47.0 Å². The number of benzene rings is 3. The highest BCUT2D eigenvalue weighted by Gasteiger charge is 2.20. The first-order chi connectivity index (χ1) is 18.7. The first-order valence-electron chi connectivity index (χ1n) is 12.9. The van der Waals surface area contributed by atoms with Gasteiger partial charge in [0.15, 0.2) is 23.0 Å². The molecule has 8 heteroatoms. The summed E-state index contributed by atoms with van der Waals surface area (Å²) < 4.78 is 24.5. The third kappa shape index (κ3) is 7.26. The van der Waals surface area contributed by atoms with Crippen LogP contribution < -0.4 is 18.9 Å². The topological polar surface area (TPSA) is 36.9 Å². The minimum atomic E-state index is 0.481. The van der Waals surface area contributed by atoms with E-state index >= 15 is 0 Å². The Morgan fingerprint density at radius 1 is 0.553 bits per heavy atom. The fraction of sp³-hybridized carbons (Fsp3) is 0.400. The van der Waals surface area contributed by atoms with Crippen molar-refractivity contribution < 1.29 is 18.9 Å². The lowest BCUT2D eigenvalue weighted by Gasteiger charge is -2.22. The van der Waals surface area contributed by atoms with Crippen LogP contribution in [0.1, 0.15) is 44.3 Å². The molecular weight excluding hydrogens is 553 g/mol. The van der Waals surface area contributed by atoms with Gasteiger partial charge in [-0.1, -0.05) is 36.4 Å². The first kappa shape index (κ1) is 27.8. The van der Waals surface area contributed by atoms with E-state index in [0.717, 1.165) is 34.1 Å². The molecule has 3 aromatic rings. The molecule has 0 aliphatic carbocycles. The van der Waals surface area contributed by atoms with E-state index in [0.29, 0.717) is 22.4 Å². The van der Waals surface area contributed by atoms with Gasteiger partial charge < -0.3 is 18.9 Å². The Balaban J connectivity index is 1.15. The third-order valence-corrected chi connectivity index (χ3v) is 12.4. The van der Waals surface area contributed by atoms with Crippen molar-refractivity contribution in [3.05, 3.63) is 82.9 Å². The lowest BCUT2D eigenvalue weighted by molar-refractivity contribution is 0.281. The van der Waals surface area contributed by atoms with Crippen molar-refractivity contribution in [3.8, 4) is 23.0 Å². The fourth-order valence-electron chi connectivity index (χ4n) is 4.31. The third-order valence-electron chi connectivity index (χ3n) is 6.39. The summed E-state index contributed by atoms with van der Waals surface area (Å²) >= 11 is 8.05. The van der Waals surface area contributed by atoms with Crippen LogP contribution in [0, 0.1) is 0 Å².